The van der Waals surface area contributed by atoms with Gasteiger partial charge in [0.2, 0.25) is 0 Å². The van der Waals surface area contributed by atoms with Crippen molar-refractivity contribution in [3.05, 3.63) is 23.3 Å². The second-order valence-corrected chi connectivity index (χ2v) is 6.20. The number of carbonyl (C=O) groups excluding carboxylic acids is 1. The third-order valence-corrected chi connectivity index (χ3v) is 5.25. The molecule has 3 nitrogen and oxygen atoms in total. The Hall–Kier alpha value is -1.09. The zero-order valence-corrected chi connectivity index (χ0v) is 11.0. The van der Waals surface area contributed by atoms with E-state index in [0.29, 0.717) is 5.57 Å². The minimum absolute atomic E-state index is 0.186. The van der Waals surface area contributed by atoms with Gasteiger partial charge in [-0.1, -0.05) is 19.1 Å². The monoisotopic (exact) mass is 248 g/mol. The molecule has 3 aliphatic rings. The molecule has 1 aliphatic heterocycles. The quantitative estimate of drug-likeness (QED) is 0.529. The summed E-state index contributed by atoms with van der Waals surface area (Å²) < 4.78 is 5.35. The summed E-state index contributed by atoms with van der Waals surface area (Å²) in [5.74, 6) is 0.0267. The summed E-state index contributed by atoms with van der Waals surface area (Å²) >= 11 is 0. The summed E-state index contributed by atoms with van der Waals surface area (Å²) in [5.41, 5.74) is 2.73. The van der Waals surface area contributed by atoms with Gasteiger partial charge < -0.3 is 9.84 Å². The number of rotatable bonds is 0. The molecule has 3 heteroatoms. The highest BCUT2D eigenvalue weighted by Gasteiger charge is 2.55. The predicted octanol–water partition coefficient (Wildman–Crippen LogP) is 2.36. The Bertz CT molecular complexity index is 462. The normalized spacial score (nSPS) is 43.6. The van der Waals surface area contributed by atoms with Crippen molar-refractivity contribution in [1.29, 1.82) is 0 Å². The SMILES string of the molecule is C=C1CCC[C@@]2(C)[C@H](O)[C@H]3OC(=O)C(C)=C3C[C@@H]12. The molecule has 0 bridgehead atoms. The van der Waals surface area contributed by atoms with E-state index in [9.17, 15) is 9.90 Å². The van der Waals surface area contributed by atoms with E-state index in [1.807, 2.05) is 0 Å². The average Bonchev–Trinajstić information content (AvgIpc) is 2.60. The number of aliphatic hydroxyl groups is 1. The largest absolute Gasteiger partial charge is 0.452 e. The summed E-state index contributed by atoms with van der Waals surface area (Å²) in [4.78, 5) is 11.7. The van der Waals surface area contributed by atoms with Gasteiger partial charge in [-0.25, -0.2) is 4.79 Å². The van der Waals surface area contributed by atoms with Gasteiger partial charge in [-0.3, -0.25) is 0 Å². The van der Waals surface area contributed by atoms with Gasteiger partial charge in [0.25, 0.3) is 0 Å². The van der Waals surface area contributed by atoms with Crippen molar-refractivity contribution in [3.63, 3.8) is 0 Å². The maximum atomic E-state index is 11.7. The maximum Gasteiger partial charge on any atom is 0.334 e. The van der Waals surface area contributed by atoms with Crippen LogP contribution in [0.5, 0.6) is 0 Å². The first-order valence-corrected chi connectivity index (χ1v) is 6.71. The van der Waals surface area contributed by atoms with E-state index < -0.39 is 12.2 Å². The molecular formula is C15H20O3. The number of ether oxygens (including phenoxy) is 1. The Labute approximate surface area is 108 Å². The first kappa shape index (κ1) is 12.0. The lowest BCUT2D eigenvalue weighted by atomic mass is 9.56. The smallest absolute Gasteiger partial charge is 0.334 e. The Kier molecular flexibility index (Phi) is 2.46. The molecule has 0 aromatic carbocycles. The van der Waals surface area contributed by atoms with Gasteiger partial charge in [0.15, 0.2) is 6.10 Å². The molecule has 1 N–H and O–H groups in total. The van der Waals surface area contributed by atoms with E-state index in [1.54, 1.807) is 6.92 Å². The minimum atomic E-state index is -0.593. The Morgan fingerprint density at radius 2 is 2.22 bits per heavy atom. The van der Waals surface area contributed by atoms with Crippen LogP contribution in [-0.4, -0.2) is 23.3 Å². The molecule has 0 radical (unpaired) electrons. The maximum absolute atomic E-state index is 11.7. The summed E-state index contributed by atoms with van der Waals surface area (Å²) in [5, 5.41) is 10.6. The van der Waals surface area contributed by atoms with Crippen LogP contribution in [0.25, 0.3) is 0 Å². The molecule has 0 saturated heterocycles. The standard InChI is InChI=1S/C15H20O3/c1-8-5-4-6-15(3)11(8)7-10-9(2)14(17)18-12(10)13(15)16/h11-13,16H,1,4-7H2,2-3H3/t11-,12-,13+,15+/m0/s1. The van der Waals surface area contributed by atoms with Crippen LogP contribution in [0.2, 0.25) is 0 Å². The highest BCUT2D eigenvalue weighted by Crippen LogP contribution is 2.55. The fourth-order valence-corrected chi connectivity index (χ4v) is 3.95. The number of aliphatic hydroxyl groups excluding tert-OH is 1. The van der Waals surface area contributed by atoms with E-state index in [2.05, 4.69) is 13.5 Å². The van der Waals surface area contributed by atoms with E-state index >= 15 is 0 Å². The zero-order valence-electron chi connectivity index (χ0n) is 11.0. The molecule has 0 spiro atoms. The molecule has 98 valence electrons. The number of hydrogen-bond acceptors (Lipinski definition) is 3. The molecule has 2 aliphatic carbocycles. The highest BCUT2D eigenvalue weighted by molar-refractivity contribution is 5.91. The van der Waals surface area contributed by atoms with Crippen molar-refractivity contribution >= 4 is 5.97 Å². The summed E-state index contributed by atoms with van der Waals surface area (Å²) in [6, 6.07) is 0. The molecule has 0 unspecified atom stereocenters. The number of allylic oxidation sites excluding steroid dienone is 1. The highest BCUT2D eigenvalue weighted by atomic mass is 16.6. The van der Waals surface area contributed by atoms with E-state index in [4.69, 9.17) is 4.74 Å². The molecule has 0 aromatic heterocycles. The molecule has 0 amide bonds. The van der Waals surface area contributed by atoms with E-state index in [1.165, 1.54) is 5.57 Å². The number of hydrogen-bond donors (Lipinski definition) is 1. The van der Waals surface area contributed by atoms with E-state index in [0.717, 1.165) is 31.3 Å². The second kappa shape index (κ2) is 3.70. The van der Waals surface area contributed by atoms with Gasteiger partial charge in [-0.05, 0) is 44.1 Å². The van der Waals surface area contributed by atoms with Crippen LogP contribution in [-0.2, 0) is 9.53 Å². The minimum Gasteiger partial charge on any atom is -0.452 e. The van der Waals surface area contributed by atoms with Crippen molar-refractivity contribution in [2.45, 2.75) is 51.7 Å². The lowest BCUT2D eigenvalue weighted by Crippen LogP contribution is -2.53. The van der Waals surface area contributed by atoms with Gasteiger partial charge in [-0.2, -0.15) is 0 Å². The fourth-order valence-electron chi connectivity index (χ4n) is 3.95. The van der Waals surface area contributed by atoms with Crippen LogP contribution in [0.1, 0.15) is 39.5 Å². The average molecular weight is 248 g/mol. The third kappa shape index (κ3) is 1.37. The second-order valence-electron chi connectivity index (χ2n) is 6.20. The van der Waals surface area contributed by atoms with Gasteiger partial charge in [0, 0.05) is 11.0 Å². The Morgan fingerprint density at radius 1 is 1.50 bits per heavy atom. The molecule has 18 heavy (non-hydrogen) atoms. The molecule has 2 saturated carbocycles. The van der Waals surface area contributed by atoms with E-state index in [-0.39, 0.29) is 17.3 Å². The Balaban J connectivity index is 2.04. The molecule has 0 aromatic rings. The molecule has 2 fully saturated rings. The van der Waals surface area contributed by atoms with Crippen molar-refractivity contribution < 1.29 is 14.6 Å². The lowest BCUT2D eigenvalue weighted by molar-refractivity contribution is -0.154. The topological polar surface area (TPSA) is 46.5 Å². The summed E-state index contributed by atoms with van der Waals surface area (Å²) in [7, 11) is 0. The number of fused-ring (bicyclic) bond motifs is 2. The summed E-state index contributed by atoms with van der Waals surface area (Å²) in [6.45, 7) is 8.10. The van der Waals surface area contributed by atoms with Crippen molar-refractivity contribution in [2.24, 2.45) is 11.3 Å². The van der Waals surface area contributed by atoms with Gasteiger partial charge in [-0.15, -0.1) is 0 Å². The molecule has 4 atom stereocenters. The third-order valence-electron chi connectivity index (χ3n) is 5.25. The van der Waals surface area contributed by atoms with Crippen LogP contribution in [0.15, 0.2) is 23.3 Å². The van der Waals surface area contributed by atoms with Crippen LogP contribution in [0.4, 0.5) is 0 Å². The van der Waals surface area contributed by atoms with Gasteiger partial charge in [0.05, 0.1) is 0 Å². The first-order valence-electron chi connectivity index (χ1n) is 6.71. The van der Waals surface area contributed by atoms with Crippen LogP contribution in [0.3, 0.4) is 0 Å². The van der Waals surface area contributed by atoms with Crippen LogP contribution >= 0.6 is 0 Å². The van der Waals surface area contributed by atoms with Gasteiger partial charge in [0.1, 0.15) is 6.10 Å². The molecular weight excluding hydrogens is 228 g/mol. The Morgan fingerprint density at radius 3 is 2.94 bits per heavy atom. The first-order chi connectivity index (χ1) is 8.45. The van der Waals surface area contributed by atoms with Crippen molar-refractivity contribution in [1.82, 2.24) is 0 Å². The molecule has 1 heterocycles. The summed E-state index contributed by atoms with van der Waals surface area (Å²) in [6.07, 6.45) is 2.92. The zero-order chi connectivity index (χ0) is 13.1. The van der Waals surface area contributed by atoms with Crippen molar-refractivity contribution in [3.8, 4) is 0 Å². The fraction of sp³-hybridized carbons (Fsp3) is 0.667. The van der Waals surface area contributed by atoms with Crippen LogP contribution < -0.4 is 0 Å². The predicted molar refractivity (Wildman–Crippen MR) is 67.8 cm³/mol. The van der Waals surface area contributed by atoms with Gasteiger partial charge >= 0.3 is 5.97 Å². The lowest BCUT2D eigenvalue weighted by Gasteiger charge is -2.51. The molecule has 3 rings (SSSR count). The van der Waals surface area contributed by atoms with Crippen LogP contribution in [0, 0.1) is 11.3 Å². The van der Waals surface area contributed by atoms with Crippen molar-refractivity contribution in [2.75, 3.05) is 0 Å². The number of carbonyl (C=O) groups is 1. The number of esters is 1.